The van der Waals surface area contributed by atoms with Gasteiger partial charge in [-0.05, 0) is 13.3 Å². The number of hydrogen-bond acceptors (Lipinski definition) is 1. The van der Waals surface area contributed by atoms with Gasteiger partial charge in [-0.2, -0.15) is 0 Å². The normalized spacial score (nSPS) is 13.2. The Kier molecular flexibility index (Phi) is 4.61. The Bertz CT molecular complexity index is 59.5. The van der Waals surface area contributed by atoms with Crippen molar-refractivity contribution < 1.29 is 9.84 Å². The van der Waals surface area contributed by atoms with Gasteiger partial charge >= 0.3 is 0 Å². The standard InChI is InChI=1S/C6H11O2/c1-3-4-5-8-6(2)7/h3,6H,1,4-5H2,2H3. The highest BCUT2D eigenvalue weighted by molar-refractivity contribution is 4.64. The molecule has 0 bridgehead atoms. The molecular formula is C6H11O2. The van der Waals surface area contributed by atoms with Gasteiger partial charge in [0.25, 0.3) is 0 Å². The van der Waals surface area contributed by atoms with Crippen LogP contribution in [0.3, 0.4) is 0 Å². The van der Waals surface area contributed by atoms with E-state index in [2.05, 4.69) is 11.3 Å². The van der Waals surface area contributed by atoms with E-state index in [0.717, 1.165) is 6.42 Å². The third-order valence-corrected chi connectivity index (χ3v) is 0.675. The van der Waals surface area contributed by atoms with Gasteiger partial charge in [-0.15, -0.1) is 6.58 Å². The lowest BCUT2D eigenvalue weighted by atomic mass is 10.5. The van der Waals surface area contributed by atoms with Crippen LogP contribution in [0.15, 0.2) is 12.7 Å². The highest BCUT2D eigenvalue weighted by atomic mass is 16.6. The molecule has 0 aliphatic rings. The van der Waals surface area contributed by atoms with Crippen LogP contribution in [0.4, 0.5) is 0 Å². The fraction of sp³-hybridized carbons (Fsp3) is 0.667. The van der Waals surface area contributed by atoms with E-state index in [1.165, 1.54) is 6.92 Å². The molecule has 0 saturated carbocycles. The van der Waals surface area contributed by atoms with Crippen LogP contribution < -0.4 is 0 Å². The molecule has 2 heteroatoms. The second-order valence-electron chi connectivity index (χ2n) is 1.52. The van der Waals surface area contributed by atoms with Gasteiger partial charge in [0.2, 0.25) is 0 Å². The molecule has 0 fully saturated rings. The third kappa shape index (κ3) is 5.66. The topological polar surface area (TPSA) is 29.1 Å². The summed E-state index contributed by atoms with van der Waals surface area (Å²) in [6.45, 7) is 5.44. The number of ether oxygens (including phenoxy) is 1. The van der Waals surface area contributed by atoms with Crippen LogP contribution in [0.5, 0.6) is 0 Å². The molecule has 47 valence electrons. The summed E-state index contributed by atoms with van der Waals surface area (Å²) in [6.07, 6.45) is 1.59. The summed E-state index contributed by atoms with van der Waals surface area (Å²) in [7, 11) is 0. The van der Waals surface area contributed by atoms with E-state index in [0.29, 0.717) is 6.61 Å². The van der Waals surface area contributed by atoms with Crippen molar-refractivity contribution in [3.8, 4) is 0 Å². The average molecular weight is 115 g/mol. The zero-order valence-electron chi connectivity index (χ0n) is 5.09. The van der Waals surface area contributed by atoms with Crippen LogP contribution in [-0.4, -0.2) is 12.9 Å². The third-order valence-electron chi connectivity index (χ3n) is 0.675. The van der Waals surface area contributed by atoms with Crippen molar-refractivity contribution in [3.63, 3.8) is 0 Å². The minimum atomic E-state index is -0.894. The summed E-state index contributed by atoms with van der Waals surface area (Å²) < 4.78 is 4.66. The molecule has 2 nitrogen and oxygen atoms in total. The van der Waals surface area contributed by atoms with Crippen LogP contribution >= 0.6 is 0 Å². The van der Waals surface area contributed by atoms with Gasteiger partial charge in [0.1, 0.15) is 0 Å². The molecule has 0 amide bonds. The van der Waals surface area contributed by atoms with Crippen LogP contribution in [0.25, 0.3) is 0 Å². The summed E-state index contributed by atoms with van der Waals surface area (Å²) in [5.74, 6) is 0. The molecule has 0 aromatic carbocycles. The maximum atomic E-state index is 10.1. The van der Waals surface area contributed by atoms with Gasteiger partial charge in [0, 0.05) is 0 Å². The molecular weight excluding hydrogens is 104 g/mol. The first kappa shape index (κ1) is 7.66. The Hall–Kier alpha value is -0.340. The second-order valence-corrected chi connectivity index (χ2v) is 1.52. The van der Waals surface area contributed by atoms with E-state index >= 15 is 0 Å². The fourth-order valence-corrected chi connectivity index (χ4v) is 0.317. The summed E-state index contributed by atoms with van der Waals surface area (Å²) in [5.41, 5.74) is 0. The molecule has 0 aromatic heterocycles. The lowest BCUT2D eigenvalue weighted by molar-refractivity contribution is -0.125. The summed E-state index contributed by atoms with van der Waals surface area (Å²) in [6, 6.07) is 0. The Morgan fingerprint density at radius 1 is 1.88 bits per heavy atom. The lowest BCUT2D eigenvalue weighted by Gasteiger charge is -2.00. The van der Waals surface area contributed by atoms with Gasteiger partial charge in [0.05, 0.1) is 6.61 Å². The van der Waals surface area contributed by atoms with Gasteiger partial charge in [-0.1, -0.05) is 6.08 Å². The predicted octanol–water partition coefficient (Wildman–Crippen LogP) is 1.36. The van der Waals surface area contributed by atoms with Crippen molar-refractivity contribution in [2.75, 3.05) is 6.61 Å². The van der Waals surface area contributed by atoms with Crippen LogP contribution in [0, 0.1) is 0 Å². The summed E-state index contributed by atoms with van der Waals surface area (Å²) >= 11 is 0. The largest absolute Gasteiger partial charge is 0.350 e. The zero-order chi connectivity index (χ0) is 6.41. The van der Waals surface area contributed by atoms with Crippen molar-refractivity contribution in [1.29, 1.82) is 0 Å². The molecule has 0 spiro atoms. The smallest absolute Gasteiger partial charge is 0.188 e. The Morgan fingerprint density at radius 3 is 2.88 bits per heavy atom. The SMILES string of the molecule is C=CCCOC(C)[O]. The van der Waals surface area contributed by atoms with E-state index in [1.807, 2.05) is 0 Å². The molecule has 0 aliphatic heterocycles. The Balaban J connectivity index is 2.81. The second kappa shape index (κ2) is 4.81. The van der Waals surface area contributed by atoms with E-state index in [4.69, 9.17) is 0 Å². The average Bonchev–Trinajstić information content (AvgIpc) is 1.66. The maximum absolute atomic E-state index is 10.1. The summed E-state index contributed by atoms with van der Waals surface area (Å²) in [4.78, 5) is 0. The first-order valence-electron chi connectivity index (χ1n) is 2.65. The van der Waals surface area contributed by atoms with Crippen molar-refractivity contribution in [3.05, 3.63) is 12.7 Å². The van der Waals surface area contributed by atoms with Crippen molar-refractivity contribution in [1.82, 2.24) is 0 Å². The molecule has 0 saturated heterocycles. The van der Waals surface area contributed by atoms with Crippen molar-refractivity contribution >= 4 is 0 Å². The molecule has 0 rings (SSSR count). The van der Waals surface area contributed by atoms with Gasteiger partial charge < -0.3 is 4.74 Å². The minimum Gasteiger partial charge on any atom is -0.350 e. The van der Waals surface area contributed by atoms with E-state index < -0.39 is 6.29 Å². The van der Waals surface area contributed by atoms with Crippen LogP contribution in [-0.2, 0) is 9.84 Å². The van der Waals surface area contributed by atoms with Crippen molar-refractivity contribution in [2.24, 2.45) is 0 Å². The lowest BCUT2D eigenvalue weighted by Crippen LogP contribution is -2.04. The zero-order valence-corrected chi connectivity index (χ0v) is 5.09. The van der Waals surface area contributed by atoms with Gasteiger partial charge in [-0.25, -0.2) is 5.11 Å². The monoisotopic (exact) mass is 115 g/mol. The molecule has 1 unspecified atom stereocenters. The number of rotatable bonds is 4. The molecule has 0 N–H and O–H groups in total. The Labute approximate surface area is 49.8 Å². The molecule has 0 heterocycles. The maximum Gasteiger partial charge on any atom is 0.188 e. The molecule has 0 aliphatic carbocycles. The van der Waals surface area contributed by atoms with Gasteiger partial charge in [-0.3, -0.25) is 0 Å². The van der Waals surface area contributed by atoms with E-state index in [-0.39, 0.29) is 0 Å². The van der Waals surface area contributed by atoms with Crippen molar-refractivity contribution in [2.45, 2.75) is 19.6 Å². The molecule has 0 aromatic rings. The van der Waals surface area contributed by atoms with E-state index in [9.17, 15) is 5.11 Å². The van der Waals surface area contributed by atoms with Gasteiger partial charge in [0.15, 0.2) is 6.29 Å². The number of hydrogen-bond donors (Lipinski definition) is 0. The minimum absolute atomic E-state index is 0.494. The molecule has 1 radical (unpaired) electrons. The quantitative estimate of drug-likeness (QED) is 0.309. The molecule has 1 atom stereocenters. The predicted molar refractivity (Wildman–Crippen MR) is 30.9 cm³/mol. The highest BCUT2D eigenvalue weighted by Gasteiger charge is 1.92. The van der Waals surface area contributed by atoms with E-state index in [1.54, 1.807) is 6.08 Å². The van der Waals surface area contributed by atoms with Crippen LogP contribution in [0.1, 0.15) is 13.3 Å². The first-order valence-corrected chi connectivity index (χ1v) is 2.65. The first-order chi connectivity index (χ1) is 3.77. The fourth-order valence-electron chi connectivity index (χ4n) is 0.317. The highest BCUT2D eigenvalue weighted by Crippen LogP contribution is 1.87. The molecule has 8 heavy (non-hydrogen) atoms. The summed E-state index contributed by atoms with van der Waals surface area (Å²) in [5, 5.41) is 10.1. The van der Waals surface area contributed by atoms with Crippen LogP contribution in [0.2, 0.25) is 0 Å². The Morgan fingerprint density at radius 2 is 2.50 bits per heavy atom.